The summed E-state index contributed by atoms with van der Waals surface area (Å²) >= 11 is 1.40. The zero-order valence-corrected chi connectivity index (χ0v) is 11.2. The van der Waals surface area contributed by atoms with E-state index in [1.54, 1.807) is 12.3 Å². The van der Waals surface area contributed by atoms with Gasteiger partial charge < -0.3 is 11.1 Å². The molecule has 0 amide bonds. The number of H-pyrrole nitrogens is 1. The van der Waals surface area contributed by atoms with Crippen molar-refractivity contribution in [2.45, 2.75) is 20.4 Å². The number of nitrogen functional groups attached to an aromatic ring is 1. The molecule has 96 valence electrons. The second-order valence-electron chi connectivity index (χ2n) is 4.37. The minimum Gasteiger partial charge on any atom is -0.397 e. The summed E-state index contributed by atoms with van der Waals surface area (Å²) in [4.78, 5) is 12.5. The summed E-state index contributed by atoms with van der Waals surface area (Å²) in [5.41, 5.74) is 7.46. The van der Waals surface area contributed by atoms with Crippen LogP contribution in [-0.4, -0.2) is 16.0 Å². The molecular weight excluding hydrogens is 248 g/mol. The molecule has 2 aromatic heterocycles. The van der Waals surface area contributed by atoms with Crippen molar-refractivity contribution in [2.75, 3.05) is 11.1 Å². The second-order valence-corrected chi connectivity index (χ2v) is 5.43. The highest BCUT2D eigenvalue weighted by atomic mass is 32.1. The average molecular weight is 264 g/mol. The van der Waals surface area contributed by atoms with Crippen molar-refractivity contribution in [3.63, 3.8) is 0 Å². The molecule has 0 spiro atoms. The molecule has 4 N–H and O–H groups in total. The Balaban J connectivity index is 2.07. The van der Waals surface area contributed by atoms with E-state index in [2.05, 4.69) is 15.5 Å². The van der Waals surface area contributed by atoms with Crippen molar-refractivity contribution in [2.24, 2.45) is 5.92 Å². The fourth-order valence-electron chi connectivity index (χ4n) is 1.51. The van der Waals surface area contributed by atoms with Crippen LogP contribution in [0.4, 0.5) is 10.7 Å². The third kappa shape index (κ3) is 2.70. The van der Waals surface area contributed by atoms with Crippen LogP contribution in [-0.2, 0) is 6.54 Å². The summed E-state index contributed by atoms with van der Waals surface area (Å²) in [6, 6.07) is 1.81. The molecular formula is C12H16N4OS. The van der Waals surface area contributed by atoms with Crippen LogP contribution in [0.25, 0.3) is 0 Å². The van der Waals surface area contributed by atoms with Gasteiger partial charge in [-0.2, -0.15) is 5.10 Å². The van der Waals surface area contributed by atoms with Crippen molar-refractivity contribution in [1.29, 1.82) is 0 Å². The lowest BCUT2D eigenvalue weighted by Gasteiger charge is -2.01. The molecule has 2 heterocycles. The highest BCUT2D eigenvalue weighted by molar-refractivity contribution is 7.18. The molecule has 2 rings (SSSR count). The summed E-state index contributed by atoms with van der Waals surface area (Å²) in [6.45, 7) is 4.41. The van der Waals surface area contributed by atoms with E-state index in [1.807, 2.05) is 20.0 Å². The third-order valence-electron chi connectivity index (χ3n) is 2.53. The van der Waals surface area contributed by atoms with Crippen LogP contribution >= 0.6 is 11.3 Å². The minimum absolute atomic E-state index is 0.0346. The number of Topliss-reactive ketones (excluding diaryl/α,β-unsaturated/α-hetero) is 1. The van der Waals surface area contributed by atoms with E-state index in [9.17, 15) is 4.79 Å². The van der Waals surface area contributed by atoms with Gasteiger partial charge in [-0.05, 0) is 6.07 Å². The number of thiophene rings is 1. The number of carbonyl (C=O) groups excluding carboxylic acids is 1. The number of aromatic amines is 1. The molecule has 2 aromatic rings. The molecule has 0 radical (unpaired) electrons. The van der Waals surface area contributed by atoms with Crippen molar-refractivity contribution in [3.05, 3.63) is 28.9 Å². The van der Waals surface area contributed by atoms with Crippen molar-refractivity contribution in [1.82, 2.24) is 10.2 Å². The number of nitrogens with one attached hydrogen (secondary N) is 2. The first kappa shape index (κ1) is 12.6. The molecule has 0 bridgehead atoms. The molecule has 18 heavy (non-hydrogen) atoms. The number of aromatic nitrogens is 2. The van der Waals surface area contributed by atoms with E-state index in [0.29, 0.717) is 17.1 Å². The van der Waals surface area contributed by atoms with Crippen LogP contribution in [0, 0.1) is 5.92 Å². The Morgan fingerprint density at radius 2 is 2.39 bits per heavy atom. The standard InChI is InChI=1S/C12H16N4OS/c1-7(2)11(17)12-9(13)3-10(18-12)14-4-8-5-15-16-6-8/h3,5-7,14H,4,13H2,1-2H3,(H,15,16). The van der Waals surface area contributed by atoms with Crippen LogP contribution in [0.2, 0.25) is 0 Å². The van der Waals surface area contributed by atoms with Crippen molar-refractivity contribution < 1.29 is 4.79 Å². The number of nitrogens with zero attached hydrogens (tertiary/aromatic N) is 1. The average Bonchev–Trinajstić information content (AvgIpc) is 2.94. The molecule has 6 heteroatoms. The van der Waals surface area contributed by atoms with E-state index in [-0.39, 0.29) is 11.7 Å². The fourth-order valence-corrected chi connectivity index (χ4v) is 2.57. The van der Waals surface area contributed by atoms with Crippen LogP contribution in [0.3, 0.4) is 0 Å². The fraction of sp³-hybridized carbons (Fsp3) is 0.333. The second kappa shape index (κ2) is 5.22. The molecule has 5 nitrogen and oxygen atoms in total. The van der Waals surface area contributed by atoms with Crippen LogP contribution < -0.4 is 11.1 Å². The number of anilines is 2. The summed E-state index contributed by atoms with van der Waals surface area (Å²) < 4.78 is 0. The highest BCUT2D eigenvalue weighted by Crippen LogP contribution is 2.31. The normalized spacial score (nSPS) is 10.8. The Kier molecular flexibility index (Phi) is 3.66. The zero-order valence-electron chi connectivity index (χ0n) is 10.4. The van der Waals surface area contributed by atoms with Crippen molar-refractivity contribution in [3.8, 4) is 0 Å². The molecule has 0 aliphatic rings. The Hall–Kier alpha value is -1.82. The molecule has 0 aliphatic heterocycles. The predicted molar refractivity (Wildman–Crippen MR) is 73.8 cm³/mol. The molecule has 0 saturated heterocycles. The Morgan fingerprint density at radius 1 is 1.61 bits per heavy atom. The van der Waals surface area contributed by atoms with E-state index in [4.69, 9.17) is 5.73 Å². The number of nitrogens with two attached hydrogens (primary N) is 1. The SMILES string of the molecule is CC(C)C(=O)c1sc(NCc2cn[nH]c2)cc1N. The molecule has 0 aromatic carbocycles. The molecule has 0 atom stereocenters. The first-order valence-corrected chi connectivity index (χ1v) is 6.54. The van der Waals surface area contributed by atoms with Gasteiger partial charge in [0.1, 0.15) is 0 Å². The topological polar surface area (TPSA) is 83.8 Å². The van der Waals surface area contributed by atoms with Crippen LogP contribution in [0.15, 0.2) is 18.5 Å². The zero-order chi connectivity index (χ0) is 13.1. The first-order valence-electron chi connectivity index (χ1n) is 5.73. The van der Waals surface area contributed by atoms with Gasteiger partial charge in [0.05, 0.1) is 21.8 Å². The Morgan fingerprint density at radius 3 is 3.00 bits per heavy atom. The van der Waals surface area contributed by atoms with Gasteiger partial charge in [-0.25, -0.2) is 0 Å². The highest BCUT2D eigenvalue weighted by Gasteiger charge is 2.17. The van der Waals surface area contributed by atoms with E-state index < -0.39 is 0 Å². The van der Waals surface area contributed by atoms with Gasteiger partial charge >= 0.3 is 0 Å². The van der Waals surface area contributed by atoms with Gasteiger partial charge in [0, 0.05) is 24.2 Å². The van der Waals surface area contributed by atoms with Crippen molar-refractivity contribution >= 4 is 27.8 Å². The molecule has 0 fully saturated rings. The smallest absolute Gasteiger partial charge is 0.177 e. The Labute approximate surface area is 109 Å². The predicted octanol–water partition coefficient (Wildman–Crippen LogP) is 2.50. The number of carbonyl (C=O) groups is 1. The molecule has 0 aliphatic carbocycles. The van der Waals surface area contributed by atoms with E-state index >= 15 is 0 Å². The maximum atomic E-state index is 11.9. The summed E-state index contributed by atoms with van der Waals surface area (Å²) in [5.74, 6) is 0.0570. The van der Waals surface area contributed by atoms with Gasteiger partial charge in [0.15, 0.2) is 5.78 Å². The number of rotatable bonds is 5. The number of hydrogen-bond acceptors (Lipinski definition) is 5. The van der Waals surface area contributed by atoms with E-state index in [1.165, 1.54) is 11.3 Å². The maximum Gasteiger partial charge on any atom is 0.177 e. The first-order chi connectivity index (χ1) is 8.58. The number of ketones is 1. The summed E-state index contributed by atoms with van der Waals surface area (Å²) in [7, 11) is 0. The van der Waals surface area contributed by atoms with E-state index in [0.717, 1.165) is 10.6 Å². The van der Waals surface area contributed by atoms with Crippen LogP contribution in [0.5, 0.6) is 0 Å². The lowest BCUT2D eigenvalue weighted by atomic mass is 10.1. The number of hydrogen-bond donors (Lipinski definition) is 3. The van der Waals surface area contributed by atoms with Gasteiger partial charge in [0.25, 0.3) is 0 Å². The lowest BCUT2D eigenvalue weighted by Crippen LogP contribution is -2.07. The molecule has 0 unspecified atom stereocenters. The van der Waals surface area contributed by atoms with Gasteiger partial charge in [-0.3, -0.25) is 9.89 Å². The summed E-state index contributed by atoms with van der Waals surface area (Å²) in [5, 5.41) is 10.7. The van der Waals surface area contributed by atoms with Gasteiger partial charge in [0.2, 0.25) is 0 Å². The monoisotopic (exact) mass is 264 g/mol. The quantitative estimate of drug-likeness (QED) is 0.724. The summed E-state index contributed by atoms with van der Waals surface area (Å²) in [6.07, 6.45) is 3.58. The largest absolute Gasteiger partial charge is 0.397 e. The van der Waals surface area contributed by atoms with Gasteiger partial charge in [-0.15, -0.1) is 11.3 Å². The third-order valence-corrected chi connectivity index (χ3v) is 3.65. The van der Waals surface area contributed by atoms with Gasteiger partial charge in [-0.1, -0.05) is 13.8 Å². The Bertz CT molecular complexity index is 530. The maximum absolute atomic E-state index is 11.9. The van der Waals surface area contributed by atoms with Crippen LogP contribution in [0.1, 0.15) is 29.1 Å². The molecule has 0 saturated carbocycles. The lowest BCUT2D eigenvalue weighted by molar-refractivity contribution is 0.0944. The minimum atomic E-state index is -0.0346.